The highest BCUT2D eigenvalue weighted by Gasteiger charge is 2.17. The fourth-order valence-corrected chi connectivity index (χ4v) is 1.32. The Balaban J connectivity index is 0.00000225. The summed E-state index contributed by atoms with van der Waals surface area (Å²) in [5, 5.41) is 9.62. The van der Waals surface area contributed by atoms with Gasteiger partial charge in [0.15, 0.2) is 11.5 Å². The van der Waals surface area contributed by atoms with Gasteiger partial charge in [-0.1, -0.05) is 12.1 Å². The molecule has 0 radical (unpaired) electrons. The number of ether oxygens (including phenoxy) is 1. The number of hydrogen-bond donors (Lipinski definition) is 2. The molecule has 0 amide bonds. The molecule has 16 heavy (non-hydrogen) atoms. The van der Waals surface area contributed by atoms with E-state index in [1.807, 2.05) is 0 Å². The number of nitrogens with two attached hydrogens (primary N) is 1. The van der Waals surface area contributed by atoms with Crippen LogP contribution in [0.3, 0.4) is 0 Å². The molecule has 0 unspecified atom stereocenters. The van der Waals surface area contributed by atoms with Crippen LogP contribution in [0.1, 0.15) is 18.0 Å². The summed E-state index contributed by atoms with van der Waals surface area (Å²) in [7, 11) is 1.39. The molecule has 3 N–H and O–H groups in total. The van der Waals surface area contributed by atoms with Gasteiger partial charge in [-0.2, -0.15) is 0 Å². The van der Waals surface area contributed by atoms with Crippen molar-refractivity contribution in [1.29, 1.82) is 0 Å². The van der Waals surface area contributed by atoms with Gasteiger partial charge in [-0.25, -0.2) is 8.78 Å². The number of rotatable bonds is 4. The van der Waals surface area contributed by atoms with Gasteiger partial charge >= 0.3 is 0 Å². The zero-order valence-corrected chi connectivity index (χ0v) is 9.51. The maximum atomic E-state index is 12.1. The Labute approximate surface area is 98.6 Å². The lowest BCUT2D eigenvalue weighted by Crippen LogP contribution is -2.14. The normalized spacial score (nSPS) is 12.1. The molecule has 0 spiro atoms. The van der Waals surface area contributed by atoms with Crippen molar-refractivity contribution in [1.82, 2.24) is 0 Å². The topological polar surface area (TPSA) is 55.5 Å². The first-order chi connectivity index (χ1) is 7.06. The molecule has 0 aliphatic rings. The molecule has 1 aromatic rings. The van der Waals surface area contributed by atoms with Gasteiger partial charge in [0, 0.05) is 18.0 Å². The number of phenolic OH excluding ortho intramolecular Hbond substituents is 1. The third kappa shape index (κ3) is 3.50. The Bertz CT molecular complexity index is 337. The van der Waals surface area contributed by atoms with E-state index >= 15 is 0 Å². The van der Waals surface area contributed by atoms with Crippen molar-refractivity contribution in [2.75, 3.05) is 7.11 Å². The molecule has 0 aromatic heterocycles. The molecule has 0 heterocycles. The molecule has 0 aliphatic carbocycles. The Morgan fingerprint density at radius 3 is 2.56 bits per heavy atom. The van der Waals surface area contributed by atoms with Crippen LogP contribution in [0.15, 0.2) is 18.2 Å². The number of aromatic hydroxyl groups is 1. The Morgan fingerprint density at radius 1 is 1.44 bits per heavy atom. The van der Waals surface area contributed by atoms with Crippen LogP contribution in [-0.4, -0.2) is 18.6 Å². The molecule has 3 nitrogen and oxygen atoms in total. The standard InChI is InChI=1S/C10H13F2NO2.ClH/c1-15-8-4-2-3-6(10(8)14)7(13)5-9(11)12;/h2-4,7,9,14H,5,13H2,1H3;1H/t7-;/m1./s1. The van der Waals surface area contributed by atoms with Gasteiger partial charge in [0.25, 0.3) is 0 Å². The van der Waals surface area contributed by atoms with E-state index < -0.39 is 18.9 Å². The summed E-state index contributed by atoms with van der Waals surface area (Å²) in [4.78, 5) is 0. The van der Waals surface area contributed by atoms with Crippen LogP contribution in [0.5, 0.6) is 11.5 Å². The van der Waals surface area contributed by atoms with Gasteiger partial charge in [0.05, 0.1) is 7.11 Å². The Hall–Kier alpha value is -1.07. The molecule has 0 bridgehead atoms. The van der Waals surface area contributed by atoms with Crippen LogP contribution in [0.2, 0.25) is 0 Å². The molecular formula is C10H14ClF2NO2. The molecule has 1 rings (SSSR count). The molecule has 0 saturated heterocycles. The second kappa shape index (κ2) is 6.50. The van der Waals surface area contributed by atoms with Crippen molar-refractivity contribution in [2.24, 2.45) is 5.73 Å². The van der Waals surface area contributed by atoms with Crippen molar-refractivity contribution in [3.8, 4) is 11.5 Å². The summed E-state index contributed by atoms with van der Waals surface area (Å²) in [6.07, 6.45) is -2.98. The maximum absolute atomic E-state index is 12.1. The van der Waals surface area contributed by atoms with Crippen molar-refractivity contribution < 1.29 is 18.6 Å². The fraction of sp³-hybridized carbons (Fsp3) is 0.400. The van der Waals surface area contributed by atoms with Crippen molar-refractivity contribution in [2.45, 2.75) is 18.9 Å². The summed E-state index contributed by atoms with van der Waals surface area (Å²) in [6, 6.07) is 3.75. The zero-order valence-electron chi connectivity index (χ0n) is 8.69. The average molecular weight is 254 g/mol. The highest BCUT2D eigenvalue weighted by molar-refractivity contribution is 5.85. The zero-order chi connectivity index (χ0) is 11.4. The highest BCUT2D eigenvalue weighted by Crippen LogP contribution is 2.34. The number of benzene rings is 1. The number of alkyl halides is 2. The van der Waals surface area contributed by atoms with E-state index in [0.29, 0.717) is 0 Å². The van der Waals surface area contributed by atoms with Crippen molar-refractivity contribution >= 4 is 12.4 Å². The number of methoxy groups -OCH3 is 1. The van der Waals surface area contributed by atoms with E-state index in [2.05, 4.69) is 0 Å². The fourth-order valence-electron chi connectivity index (χ4n) is 1.32. The Kier molecular flexibility index (Phi) is 6.06. The SMILES string of the molecule is COc1cccc([C@H](N)CC(F)F)c1O.Cl. The maximum Gasteiger partial charge on any atom is 0.240 e. The third-order valence-corrected chi connectivity index (χ3v) is 2.08. The summed E-state index contributed by atoms with van der Waals surface area (Å²) in [5.41, 5.74) is 5.80. The summed E-state index contributed by atoms with van der Waals surface area (Å²) >= 11 is 0. The lowest BCUT2D eigenvalue weighted by atomic mass is 10.0. The smallest absolute Gasteiger partial charge is 0.240 e. The number of halogens is 3. The van der Waals surface area contributed by atoms with E-state index in [9.17, 15) is 13.9 Å². The Morgan fingerprint density at radius 2 is 2.06 bits per heavy atom. The van der Waals surface area contributed by atoms with Gasteiger partial charge in [-0.15, -0.1) is 12.4 Å². The lowest BCUT2D eigenvalue weighted by molar-refractivity contribution is 0.128. The van der Waals surface area contributed by atoms with Crippen molar-refractivity contribution in [3.05, 3.63) is 23.8 Å². The second-order valence-corrected chi connectivity index (χ2v) is 3.13. The van der Waals surface area contributed by atoms with Crippen LogP contribution in [0, 0.1) is 0 Å². The molecule has 0 saturated carbocycles. The van der Waals surface area contributed by atoms with Gasteiger partial charge < -0.3 is 15.6 Å². The van der Waals surface area contributed by atoms with Crippen LogP contribution in [0.4, 0.5) is 8.78 Å². The van der Waals surface area contributed by atoms with Gasteiger partial charge in [-0.05, 0) is 6.07 Å². The van der Waals surface area contributed by atoms with Crippen molar-refractivity contribution in [3.63, 3.8) is 0 Å². The quantitative estimate of drug-likeness (QED) is 0.867. The minimum atomic E-state index is -2.49. The van der Waals surface area contributed by atoms with Crippen LogP contribution < -0.4 is 10.5 Å². The van der Waals surface area contributed by atoms with E-state index in [-0.39, 0.29) is 29.5 Å². The van der Waals surface area contributed by atoms with E-state index in [0.717, 1.165) is 0 Å². The van der Waals surface area contributed by atoms with Crippen LogP contribution in [-0.2, 0) is 0 Å². The minimum absolute atomic E-state index is 0. The minimum Gasteiger partial charge on any atom is -0.504 e. The van der Waals surface area contributed by atoms with E-state index in [1.165, 1.54) is 19.2 Å². The molecular weight excluding hydrogens is 240 g/mol. The second-order valence-electron chi connectivity index (χ2n) is 3.13. The number of hydrogen-bond acceptors (Lipinski definition) is 3. The summed E-state index contributed by atoms with van der Waals surface area (Å²) < 4.78 is 29.0. The molecule has 0 aliphatic heterocycles. The van der Waals surface area contributed by atoms with Gasteiger partial charge in [-0.3, -0.25) is 0 Å². The predicted octanol–water partition coefficient (Wildman–Crippen LogP) is 2.48. The first-order valence-electron chi connectivity index (χ1n) is 4.45. The highest BCUT2D eigenvalue weighted by atomic mass is 35.5. The monoisotopic (exact) mass is 253 g/mol. The van der Waals surface area contributed by atoms with E-state index in [1.54, 1.807) is 6.07 Å². The van der Waals surface area contributed by atoms with Gasteiger partial charge in [0.2, 0.25) is 6.43 Å². The van der Waals surface area contributed by atoms with E-state index in [4.69, 9.17) is 10.5 Å². The lowest BCUT2D eigenvalue weighted by Gasteiger charge is -2.14. The largest absolute Gasteiger partial charge is 0.504 e. The number of para-hydroxylation sites is 1. The number of phenols is 1. The molecule has 6 heteroatoms. The predicted molar refractivity (Wildman–Crippen MR) is 59.5 cm³/mol. The first-order valence-corrected chi connectivity index (χ1v) is 4.45. The first kappa shape index (κ1) is 14.9. The van der Waals surface area contributed by atoms with Gasteiger partial charge in [0.1, 0.15) is 0 Å². The molecule has 0 fully saturated rings. The van der Waals surface area contributed by atoms with Crippen LogP contribution >= 0.6 is 12.4 Å². The average Bonchev–Trinajstić information content (AvgIpc) is 2.17. The molecule has 92 valence electrons. The molecule has 1 atom stereocenters. The van der Waals surface area contributed by atoms with Crippen LogP contribution in [0.25, 0.3) is 0 Å². The molecule has 1 aromatic carbocycles. The summed E-state index contributed by atoms with van der Waals surface area (Å²) in [6.45, 7) is 0. The third-order valence-electron chi connectivity index (χ3n) is 2.08. The summed E-state index contributed by atoms with van der Waals surface area (Å²) in [5.74, 6) is 0.0605.